The van der Waals surface area contributed by atoms with E-state index < -0.39 is 6.04 Å². The van der Waals surface area contributed by atoms with E-state index in [1.807, 2.05) is 18.2 Å². The third-order valence-electron chi connectivity index (χ3n) is 5.47. The van der Waals surface area contributed by atoms with Gasteiger partial charge in [-0.05, 0) is 42.3 Å². The van der Waals surface area contributed by atoms with Crippen molar-refractivity contribution in [2.24, 2.45) is 0 Å². The van der Waals surface area contributed by atoms with Gasteiger partial charge in [0.1, 0.15) is 6.04 Å². The van der Waals surface area contributed by atoms with Gasteiger partial charge in [-0.25, -0.2) is 4.90 Å². The molecule has 1 saturated heterocycles. The highest BCUT2D eigenvalue weighted by Gasteiger charge is 2.40. The summed E-state index contributed by atoms with van der Waals surface area (Å²) in [4.78, 5) is 40.2. The molecule has 30 heavy (non-hydrogen) atoms. The van der Waals surface area contributed by atoms with E-state index in [4.69, 9.17) is 9.47 Å². The maximum absolute atomic E-state index is 13.0. The highest BCUT2D eigenvalue weighted by molar-refractivity contribution is 6.23. The van der Waals surface area contributed by atoms with Gasteiger partial charge in [0.2, 0.25) is 11.8 Å². The SMILES string of the molecule is COc1ccc(N2C(=O)CC(Nc3ccc4c(c3)CCN4C(C)=O)C2=O)cc1OC. The number of nitrogens with one attached hydrogen (secondary N) is 1. The third kappa shape index (κ3) is 3.34. The van der Waals surface area contributed by atoms with Crippen molar-refractivity contribution in [1.82, 2.24) is 0 Å². The lowest BCUT2D eigenvalue weighted by Crippen LogP contribution is -2.34. The molecule has 1 unspecified atom stereocenters. The summed E-state index contributed by atoms with van der Waals surface area (Å²) in [5, 5.41) is 3.17. The van der Waals surface area contributed by atoms with E-state index in [-0.39, 0.29) is 24.1 Å². The molecular weight excluding hydrogens is 386 g/mol. The average Bonchev–Trinajstić information content (AvgIpc) is 3.28. The minimum Gasteiger partial charge on any atom is -0.493 e. The molecule has 0 aromatic heterocycles. The van der Waals surface area contributed by atoms with Crippen LogP contribution in [0.5, 0.6) is 11.5 Å². The van der Waals surface area contributed by atoms with Crippen LogP contribution in [0.15, 0.2) is 36.4 Å². The lowest BCUT2D eigenvalue weighted by atomic mass is 10.1. The summed E-state index contributed by atoms with van der Waals surface area (Å²) in [6.07, 6.45) is 0.823. The molecule has 0 radical (unpaired) electrons. The quantitative estimate of drug-likeness (QED) is 0.763. The van der Waals surface area contributed by atoms with Gasteiger partial charge in [0.05, 0.1) is 26.3 Å². The first kappa shape index (κ1) is 19.8. The number of methoxy groups -OCH3 is 2. The van der Waals surface area contributed by atoms with E-state index in [9.17, 15) is 14.4 Å². The fourth-order valence-electron chi connectivity index (χ4n) is 4.00. The maximum Gasteiger partial charge on any atom is 0.256 e. The molecule has 1 N–H and O–H groups in total. The molecule has 156 valence electrons. The van der Waals surface area contributed by atoms with E-state index in [1.54, 1.807) is 30.0 Å². The smallest absolute Gasteiger partial charge is 0.256 e. The molecule has 2 heterocycles. The van der Waals surface area contributed by atoms with Crippen LogP contribution in [0.1, 0.15) is 18.9 Å². The van der Waals surface area contributed by atoms with Crippen molar-refractivity contribution in [2.45, 2.75) is 25.8 Å². The average molecular weight is 409 g/mol. The van der Waals surface area contributed by atoms with Gasteiger partial charge >= 0.3 is 0 Å². The standard InChI is InChI=1S/C22H23N3O5/c1-13(26)24-9-8-14-10-15(4-6-18(14)24)23-17-12-21(27)25(22(17)28)16-5-7-19(29-2)20(11-16)30-3/h4-7,10-11,17,23H,8-9,12H2,1-3H3. The van der Waals surface area contributed by atoms with Gasteiger partial charge in [0.15, 0.2) is 11.5 Å². The van der Waals surface area contributed by atoms with Gasteiger partial charge in [-0.3, -0.25) is 14.4 Å². The molecule has 2 aromatic rings. The largest absolute Gasteiger partial charge is 0.493 e. The Bertz CT molecular complexity index is 1040. The maximum atomic E-state index is 13.0. The molecule has 8 heteroatoms. The van der Waals surface area contributed by atoms with Crippen molar-refractivity contribution >= 4 is 34.8 Å². The van der Waals surface area contributed by atoms with Gasteiger partial charge < -0.3 is 19.7 Å². The van der Waals surface area contributed by atoms with Crippen molar-refractivity contribution in [3.8, 4) is 11.5 Å². The normalized spacial score (nSPS) is 17.9. The molecule has 0 bridgehead atoms. The number of hydrogen-bond donors (Lipinski definition) is 1. The molecule has 0 aliphatic carbocycles. The number of anilines is 3. The molecule has 2 aliphatic rings. The van der Waals surface area contributed by atoms with Crippen molar-refractivity contribution in [3.05, 3.63) is 42.0 Å². The second-order valence-electron chi connectivity index (χ2n) is 7.27. The first-order chi connectivity index (χ1) is 14.4. The molecule has 8 nitrogen and oxygen atoms in total. The number of benzene rings is 2. The Morgan fingerprint density at radius 1 is 1.07 bits per heavy atom. The van der Waals surface area contributed by atoms with Crippen LogP contribution in [0.3, 0.4) is 0 Å². The second kappa shape index (κ2) is 7.70. The van der Waals surface area contributed by atoms with E-state index in [2.05, 4.69) is 5.32 Å². The van der Waals surface area contributed by atoms with Crippen LogP contribution < -0.4 is 24.6 Å². The summed E-state index contributed by atoms with van der Waals surface area (Å²) in [5.74, 6) is 0.372. The Hall–Kier alpha value is -3.55. The Morgan fingerprint density at radius 2 is 1.83 bits per heavy atom. The van der Waals surface area contributed by atoms with Crippen molar-refractivity contribution < 1.29 is 23.9 Å². The summed E-state index contributed by atoms with van der Waals surface area (Å²) in [7, 11) is 3.02. The van der Waals surface area contributed by atoms with E-state index in [1.165, 1.54) is 19.1 Å². The van der Waals surface area contributed by atoms with E-state index in [0.717, 1.165) is 23.4 Å². The first-order valence-electron chi connectivity index (χ1n) is 9.69. The van der Waals surface area contributed by atoms with Crippen LogP contribution in [-0.2, 0) is 20.8 Å². The number of hydrogen-bond acceptors (Lipinski definition) is 6. The number of nitrogens with zero attached hydrogens (tertiary/aromatic N) is 2. The lowest BCUT2D eigenvalue weighted by molar-refractivity contribution is -0.121. The molecule has 0 saturated carbocycles. The second-order valence-corrected chi connectivity index (χ2v) is 7.27. The van der Waals surface area contributed by atoms with Crippen LogP contribution in [0, 0.1) is 0 Å². The zero-order valence-electron chi connectivity index (χ0n) is 17.1. The third-order valence-corrected chi connectivity index (χ3v) is 5.47. The summed E-state index contributed by atoms with van der Waals surface area (Å²) < 4.78 is 10.5. The minimum atomic E-state index is -0.658. The topological polar surface area (TPSA) is 88.2 Å². The number of amides is 3. The Balaban J connectivity index is 1.53. The summed E-state index contributed by atoms with van der Waals surface area (Å²) in [5.41, 5.74) is 3.13. The number of rotatable bonds is 5. The Labute approximate surface area is 174 Å². The highest BCUT2D eigenvalue weighted by Crippen LogP contribution is 2.35. The molecular formula is C22H23N3O5. The number of carbonyl (C=O) groups excluding carboxylic acids is 3. The summed E-state index contributed by atoms with van der Waals surface area (Å²) in [6, 6.07) is 9.92. The Kier molecular flexibility index (Phi) is 5.07. The van der Waals surface area contributed by atoms with Crippen LogP contribution in [-0.4, -0.2) is 44.5 Å². The van der Waals surface area contributed by atoms with Gasteiger partial charge in [-0.1, -0.05) is 0 Å². The zero-order valence-corrected chi connectivity index (χ0v) is 17.1. The number of carbonyl (C=O) groups is 3. The highest BCUT2D eigenvalue weighted by atomic mass is 16.5. The zero-order chi connectivity index (χ0) is 21.4. The van der Waals surface area contributed by atoms with Crippen molar-refractivity contribution in [3.63, 3.8) is 0 Å². The fraction of sp³-hybridized carbons (Fsp3) is 0.318. The summed E-state index contributed by atoms with van der Waals surface area (Å²) >= 11 is 0. The predicted molar refractivity (Wildman–Crippen MR) is 112 cm³/mol. The molecule has 3 amide bonds. The molecule has 4 rings (SSSR count). The molecule has 1 atom stereocenters. The minimum absolute atomic E-state index is 0.0107. The fourth-order valence-corrected chi connectivity index (χ4v) is 4.00. The van der Waals surface area contributed by atoms with Crippen molar-refractivity contribution in [1.29, 1.82) is 0 Å². The molecule has 2 aromatic carbocycles. The monoisotopic (exact) mass is 409 g/mol. The van der Waals surface area contributed by atoms with Crippen molar-refractivity contribution in [2.75, 3.05) is 35.9 Å². The lowest BCUT2D eigenvalue weighted by Gasteiger charge is -2.18. The molecule has 1 fully saturated rings. The summed E-state index contributed by atoms with van der Waals surface area (Å²) in [6.45, 7) is 2.20. The van der Waals surface area contributed by atoms with Gasteiger partial charge in [-0.15, -0.1) is 0 Å². The number of imide groups is 1. The van der Waals surface area contributed by atoms with Crippen LogP contribution in [0.2, 0.25) is 0 Å². The van der Waals surface area contributed by atoms with Gasteiger partial charge in [0, 0.05) is 30.9 Å². The van der Waals surface area contributed by atoms with Crippen LogP contribution >= 0.6 is 0 Å². The van der Waals surface area contributed by atoms with Crippen LogP contribution in [0.4, 0.5) is 17.1 Å². The van der Waals surface area contributed by atoms with E-state index in [0.29, 0.717) is 23.7 Å². The van der Waals surface area contributed by atoms with Gasteiger partial charge in [-0.2, -0.15) is 0 Å². The van der Waals surface area contributed by atoms with Gasteiger partial charge in [0.25, 0.3) is 5.91 Å². The predicted octanol–water partition coefficient (Wildman–Crippen LogP) is 2.36. The number of fused-ring (bicyclic) bond motifs is 1. The first-order valence-corrected chi connectivity index (χ1v) is 9.69. The van der Waals surface area contributed by atoms with Crippen LogP contribution in [0.25, 0.3) is 0 Å². The number of ether oxygens (including phenoxy) is 2. The Morgan fingerprint density at radius 3 is 2.53 bits per heavy atom. The van der Waals surface area contributed by atoms with E-state index >= 15 is 0 Å². The molecule has 0 spiro atoms. The molecule has 2 aliphatic heterocycles.